The second-order valence-electron chi connectivity index (χ2n) is 4.57. The van der Waals surface area contributed by atoms with Crippen LogP contribution in [0, 0.1) is 0 Å². The van der Waals surface area contributed by atoms with Crippen molar-refractivity contribution in [2.45, 2.75) is 12.5 Å². The van der Waals surface area contributed by atoms with E-state index >= 15 is 0 Å². The van der Waals surface area contributed by atoms with E-state index in [1.54, 1.807) is 36.8 Å². The number of hydrogen-bond acceptors (Lipinski definition) is 5. The number of phenolic OH excluding ortho intramolecular Hbond substituents is 1. The summed E-state index contributed by atoms with van der Waals surface area (Å²) in [7, 11) is 0. The molecule has 1 aromatic heterocycles. The number of anilines is 1. The number of benzene rings is 1. The van der Waals surface area contributed by atoms with Gasteiger partial charge < -0.3 is 30.8 Å². The molecule has 0 spiro atoms. The van der Waals surface area contributed by atoms with Gasteiger partial charge in [-0.3, -0.25) is 0 Å². The van der Waals surface area contributed by atoms with Crippen LogP contribution < -0.4 is 16.0 Å². The number of carbonyl (C=O) groups is 1. The molecule has 8 heteroatoms. The lowest BCUT2D eigenvalue weighted by molar-refractivity contribution is -0.109. The third-order valence-corrected chi connectivity index (χ3v) is 3.15. The van der Waals surface area contributed by atoms with Crippen molar-refractivity contribution < 1.29 is 9.90 Å². The van der Waals surface area contributed by atoms with Gasteiger partial charge in [0.25, 0.3) is 0 Å². The van der Waals surface area contributed by atoms with Crippen LogP contribution in [0.15, 0.2) is 36.8 Å². The molecule has 0 aliphatic rings. The third kappa shape index (κ3) is 5.06. The molecule has 0 aliphatic heterocycles. The minimum Gasteiger partial charge on any atom is -0.508 e. The summed E-state index contributed by atoms with van der Waals surface area (Å²) in [6.45, 7) is 0.395. The molecule has 0 fully saturated rings. The number of carbonyl (C=O) groups excluding carboxylic acids is 1. The lowest BCUT2D eigenvalue weighted by Gasteiger charge is -2.16. The van der Waals surface area contributed by atoms with Gasteiger partial charge in [-0.2, -0.15) is 0 Å². The SMILES string of the molecule is O=CC(Cc1cnc[nH]1)NC(=S)NCNc1ccc(O)cc1. The molecular weight excluding hydrogens is 302 g/mol. The highest BCUT2D eigenvalue weighted by Gasteiger charge is 2.10. The smallest absolute Gasteiger partial charge is 0.168 e. The van der Waals surface area contributed by atoms with E-state index in [1.165, 1.54) is 0 Å². The van der Waals surface area contributed by atoms with E-state index in [-0.39, 0.29) is 5.75 Å². The zero-order valence-corrected chi connectivity index (χ0v) is 12.6. The molecule has 5 N–H and O–H groups in total. The van der Waals surface area contributed by atoms with Crippen LogP contribution in [0.25, 0.3) is 0 Å². The summed E-state index contributed by atoms with van der Waals surface area (Å²) in [5.41, 5.74) is 1.70. The van der Waals surface area contributed by atoms with Gasteiger partial charge in [-0.05, 0) is 36.5 Å². The van der Waals surface area contributed by atoms with Crippen LogP contribution in [0.5, 0.6) is 5.75 Å². The highest BCUT2D eigenvalue weighted by atomic mass is 32.1. The number of H-pyrrole nitrogens is 1. The van der Waals surface area contributed by atoms with Gasteiger partial charge in [-0.15, -0.1) is 0 Å². The first-order chi connectivity index (χ1) is 10.7. The first-order valence-electron chi connectivity index (χ1n) is 6.67. The summed E-state index contributed by atoms with van der Waals surface area (Å²) >= 11 is 5.14. The Hall–Kier alpha value is -2.61. The molecule has 7 nitrogen and oxygen atoms in total. The summed E-state index contributed by atoms with van der Waals surface area (Å²) < 4.78 is 0. The molecule has 1 heterocycles. The van der Waals surface area contributed by atoms with Gasteiger partial charge in [-0.25, -0.2) is 4.98 Å². The largest absolute Gasteiger partial charge is 0.508 e. The average Bonchev–Trinajstić information content (AvgIpc) is 3.01. The third-order valence-electron chi connectivity index (χ3n) is 2.88. The highest BCUT2D eigenvalue weighted by molar-refractivity contribution is 7.80. The van der Waals surface area contributed by atoms with Crippen LogP contribution in [0.3, 0.4) is 0 Å². The van der Waals surface area contributed by atoms with Crippen molar-refractivity contribution in [3.05, 3.63) is 42.5 Å². The summed E-state index contributed by atoms with van der Waals surface area (Å²) in [5, 5.41) is 18.5. The van der Waals surface area contributed by atoms with E-state index in [4.69, 9.17) is 12.2 Å². The number of aromatic hydroxyl groups is 1. The van der Waals surface area contributed by atoms with E-state index in [1.807, 2.05) is 0 Å². The van der Waals surface area contributed by atoms with Crippen molar-refractivity contribution in [3.8, 4) is 5.75 Å². The number of phenols is 1. The van der Waals surface area contributed by atoms with E-state index < -0.39 is 6.04 Å². The predicted molar refractivity (Wildman–Crippen MR) is 87.6 cm³/mol. The van der Waals surface area contributed by atoms with Crippen molar-refractivity contribution in [1.82, 2.24) is 20.6 Å². The van der Waals surface area contributed by atoms with Gasteiger partial charge in [0.1, 0.15) is 12.0 Å². The van der Waals surface area contributed by atoms with E-state index in [2.05, 4.69) is 25.9 Å². The number of rotatable bonds is 7. The molecule has 1 aromatic carbocycles. The zero-order chi connectivity index (χ0) is 15.8. The molecule has 2 rings (SSSR count). The summed E-state index contributed by atoms with van der Waals surface area (Å²) in [4.78, 5) is 17.9. The normalized spacial score (nSPS) is 11.5. The monoisotopic (exact) mass is 319 g/mol. The number of imidazole rings is 1. The fourth-order valence-corrected chi connectivity index (χ4v) is 2.02. The van der Waals surface area contributed by atoms with Gasteiger partial charge in [0.2, 0.25) is 0 Å². The maximum atomic E-state index is 11.1. The van der Waals surface area contributed by atoms with Crippen LogP contribution in [-0.4, -0.2) is 39.2 Å². The van der Waals surface area contributed by atoms with Gasteiger partial charge in [0, 0.05) is 24.0 Å². The first-order valence-corrected chi connectivity index (χ1v) is 7.08. The van der Waals surface area contributed by atoms with Crippen molar-refractivity contribution in [2.24, 2.45) is 0 Å². The molecule has 1 atom stereocenters. The van der Waals surface area contributed by atoms with Crippen LogP contribution in [0.4, 0.5) is 5.69 Å². The standard InChI is InChI=1S/C14H17N5O2S/c20-7-12(5-11-6-15-8-16-11)19-14(22)18-9-17-10-1-3-13(21)4-2-10/h1-4,6-8,12,17,21H,5,9H2,(H,15,16)(H2,18,19,22). The van der Waals surface area contributed by atoms with Crippen molar-refractivity contribution in [2.75, 3.05) is 12.0 Å². The molecule has 0 bridgehead atoms. The number of aldehydes is 1. The quantitative estimate of drug-likeness (QED) is 0.222. The highest BCUT2D eigenvalue weighted by Crippen LogP contribution is 2.12. The molecule has 0 amide bonds. The van der Waals surface area contributed by atoms with Crippen molar-refractivity contribution in [3.63, 3.8) is 0 Å². The Labute approximate surface area is 133 Å². The molecule has 1 unspecified atom stereocenters. The topological polar surface area (TPSA) is 102 Å². The van der Waals surface area contributed by atoms with Gasteiger partial charge in [-0.1, -0.05) is 0 Å². The fraction of sp³-hybridized carbons (Fsp3) is 0.214. The zero-order valence-electron chi connectivity index (χ0n) is 11.7. The van der Waals surface area contributed by atoms with Gasteiger partial charge in [0.05, 0.1) is 19.0 Å². The Morgan fingerprint density at radius 3 is 2.82 bits per heavy atom. The van der Waals surface area contributed by atoms with Crippen molar-refractivity contribution >= 4 is 29.3 Å². The second-order valence-corrected chi connectivity index (χ2v) is 4.98. The maximum absolute atomic E-state index is 11.1. The lowest BCUT2D eigenvalue weighted by atomic mass is 10.2. The summed E-state index contributed by atoms with van der Waals surface area (Å²) in [5.74, 6) is 0.211. The number of aromatic nitrogens is 2. The molecular formula is C14H17N5O2S. The minimum atomic E-state index is -0.422. The number of aromatic amines is 1. The molecule has 22 heavy (non-hydrogen) atoms. The number of nitrogens with zero attached hydrogens (tertiary/aromatic N) is 1. The predicted octanol–water partition coefficient (Wildman–Crippen LogP) is 0.759. The molecule has 0 saturated heterocycles. The van der Waals surface area contributed by atoms with E-state index in [0.717, 1.165) is 17.7 Å². The Kier molecular flexibility index (Phi) is 5.73. The van der Waals surface area contributed by atoms with E-state index in [9.17, 15) is 9.90 Å². The Morgan fingerprint density at radius 2 is 2.18 bits per heavy atom. The number of thiocarbonyl (C=S) groups is 1. The fourth-order valence-electron chi connectivity index (χ4n) is 1.79. The van der Waals surface area contributed by atoms with Crippen LogP contribution in [-0.2, 0) is 11.2 Å². The Bertz CT molecular complexity index is 600. The first kappa shape index (κ1) is 15.8. The average molecular weight is 319 g/mol. The number of hydrogen-bond donors (Lipinski definition) is 5. The molecule has 2 aromatic rings. The van der Waals surface area contributed by atoms with Crippen LogP contribution in [0.1, 0.15) is 5.69 Å². The molecule has 116 valence electrons. The van der Waals surface area contributed by atoms with Gasteiger partial charge in [0.15, 0.2) is 5.11 Å². The molecule has 0 radical (unpaired) electrons. The van der Waals surface area contributed by atoms with E-state index in [0.29, 0.717) is 18.2 Å². The van der Waals surface area contributed by atoms with Crippen LogP contribution >= 0.6 is 12.2 Å². The van der Waals surface area contributed by atoms with Crippen LogP contribution in [0.2, 0.25) is 0 Å². The minimum absolute atomic E-state index is 0.211. The molecule has 0 saturated carbocycles. The maximum Gasteiger partial charge on any atom is 0.168 e. The Balaban J connectivity index is 1.72. The second kappa shape index (κ2) is 7.99. The summed E-state index contributed by atoms with van der Waals surface area (Å²) in [6, 6.07) is 6.26. The lowest BCUT2D eigenvalue weighted by Crippen LogP contribution is -2.45. The molecule has 0 aliphatic carbocycles. The van der Waals surface area contributed by atoms with Gasteiger partial charge >= 0.3 is 0 Å². The Morgan fingerprint density at radius 1 is 1.41 bits per heavy atom. The summed E-state index contributed by atoms with van der Waals surface area (Å²) in [6.07, 6.45) is 4.52. The number of nitrogens with one attached hydrogen (secondary N) is 4. The van der Waals surface area contributed by atoms with Crippen molar-refractivity contribution in [1.29, 1.82) is 0 Å².